The molecule has 0 unspecified atom stereocenters. The fourth-order valence-electron chi connectivity index (χ4n) is 2.27. The Hall–Kier alpha value is -2.95. The molecule has 0 aliphatic carbocycles. The first-order valence-electron chi connectivity index (χ1n) is 7.31. The van der Waals surface area contributed by atoms with Gasteiger partial charge in [0, 0.05) is 37.2 Å². The van der Waals surface area contributed by atoms with Crippen molar-refractivity contribution >= 4 is 23.6 Å². The normalized spacial score (nSPS) is 16.2. The highest BCUT2D eigenvalue weighted by atomic mass is 16.2. The Labute approximate surface area is 135 Å². The van der Waals surface area contributed by atoms with E-state index in [2.05, 4.69) is 4.99 Å². The van der Waals surface area contributed by atoms with Crippen LogP contribution in [0.25, 0.3) is 5.57 Å². The Morgan fingerprint density at radius 1 is 1.30 bits per heavy atom. The Morgan fingerprint density at radius 2 is 2.04 bits per heavy atom. The molecule has 0 atom stereocenters. The number of aliphatic imine (C=N–C) groups is 1. The van der Waals surface area contributed by atoms with Gasteiger partial charge in [-0.25, -0.2) is 0 Å². The average Bonchev–Trinajstić information content (AvgIpc) is 2.59. The predicted octanol–water partition coefficient (Wildman–Crippen LogP) is 1.93. The molecule has 2 rings (SSSR count). The van der Waals surface area contributed by atoms with Crippen LogP contribution in [0.5, 0.6) is 0 Å². The first-order valence-corrected chi connectivity index (χ1v) is 7.31. The van der Waals surface area contributed by atoms with Gasteiger partial charge in [0.25, 0.3) is 11.8 Å². The number of benzene rings is 1. The number of nitrogens with two attached hydrogens (primary N) is 1. The lowest BCUT2D eigenvalue weighted by Gasteiger charge is -2.23. The monoisotopic (exact) mass is 309 g/mol. The molecular formula is C18H19N3O2. The van der Waals surface area contributed by atoms with E-state index in [1.54, 1.807) is 25.4 Å². The lowest BCUT2D eigenvalue weighted by atomic mass is 10.0. The van der Waals surface area contributed by atoms with Crippen LogP contribution in [0.15, 0.2) is 65.3 Å². The number of imide groups is 1. The third-order valence-electron chi connectivity index (χ3n) is 3.39. The van der Waals surface area contributed by atoms with E-state index in [4.69, 9.17) is 5.73 Å². The molecule has 23 heavy (non-hydrogen) atoms. The van der Waals surface area contributed by atoms with E-state index in [-0.39, 0.29) is 11.8 Å². The lowest BCUT2D eigenvalue weighted by molar-refractivity contribution is -0.138. The topological polar surface area (TPSA) is 75.8 Å². The van der Waals surface area contributed by atoms with Crippen LogP contribution in [-0.4, -0.2) is 36.5 Å². The third kappa shape index (κ3) is 4.03. The number of rotatable bonds is 4. The van der Waals surface area contributed by atoms with Crippen LogP contribution in [0, 0.1) is 0 Å². The number of nitrogens with zero attached hydrogens (tertiary/aromatic N) is 2. The summed E-state index contributed by atoms with van der Waals surface area (Å²) in [6.07, 6.45) is 8.45. The standard InChI is InChI=1S/C18H19N3O2/c1-20-13-14(12-19)11-16(15-7-3-2-4-8-15)18(23)21-10-6-5-9-17(21)22/h2-5,7-9,11-13H,6,10,19H2,1H3/b14-12?,16-11+,20-13?. The molecule has 0 bridgehead atoms. The van der Waals surface area contributed by atoms with Crippen molar-refractivity contribution in [3.8, 4) is 0 Å². The fraction of sp³-hybridized carbons (Fsp3) is 0.167. The van der Waals surface area contributed by atoms with Crippen LogP contribution in [-0.2, 0) is 9.59 Å². The molecule has 5 nitrogen and oxygen atoms in total. The first-order chi connectivity index (χ1) is 11.2. The third-order valence-corrected chi connectivity index (χ3v) is 3.39. The van der Waals surface area contributed by atoms with E-state index in [9.17, 15) is 9.59 Å². The number of carbonyl (C=O) groups is 2. The molecule has 118 valence electrons. The van der Waals surface area contributed by atoms with Gasteiger partial charge in [-0.05, 0) is 24.1 Å². The molecule has 0 fully saturated rings. The van der Waals surface area contributed by atoms with Gasteiger partial charge < -0.3 is 5.73 Å². The molecule has 1 aromatic rings. The van der Waals surface area contributed by atoms with Crippen LogP contribution < -0.4 is 5.73 Å². The molecule has 0 aromatic heterocycles. The van der Waals surface area contributed by atoms with Crippen LogP contribution in [0.4, 0.5) is 0 Å². The van der Waals surface area contributed by atoms with Crippen molar-refractivity contribution in [2.24, 2.45) is 10.7 Å². The molecule has 1 aliphatic heterocycles. The molecule has 0 saturated heterocycles. The van der Waals surface area contributed by atoms with Crippen molar-refractivity contribution in [1.29, 1.82) is 0 Å². The molecule has 1 aliphatic rings. The lowest BCUT2D eigenvalue weighted by Crippen LogP contribution is -2.38. The van der Waals surface area contributed by atoms with E-state index >= 15 is 0 Å². The van der Waals surface area contributed by atoms with E-state index in [1.807, 2.05) is 30.3 Å². The molecule has 0 saturated carbocycles. The second-order valence-electron chi connectivity index (χ2n) is 4.96. The summed E-state index contributed by atoms with van der Waals surface area (Å²) in [5, 5.41) is 0. The maximum absolute atomic E-state index is 12.9. The van der Waals surface area contributed by atoms with Crippen LogP contribution in [0.1, 0.15) is 12.0 Å². The molecule has 0 spiro atoms. The van der Waals surface area contributed by atoms with Gasteiger partial charge in [0.05, 0.1) is 0 Å². The summed E-state index contributed by atoms with van der Waals surface area (Å²) in [6.45, 7) is 0.377. The minimum Gasteiger partial charge on any atom is -0.404 e. The van der Waals surface area contributed by atoms with Crippen molar-refractivity contribution in [1.82, 2.24) is 4.90 Å². The molecule has 2 N–H and O–H groups in total. The second kappa shape index (κ2) is 7.89. The van der Waals surface area contributed by atoms with E-state index in [0.29, 0.717) is 24.1 Å². The summed E-state index contributed by atoms with van der Waals surface area (Å²) >= 11 is 0. The Morgan fingerprint density at radius 3 is 2.65 bits per heavy atom. The van der Waals surface area contributed by atoms with Crippen molar-refractivity contribution < 1.29 is 9.59 Å². The Bertz CT molecular complexity index is 700. The molecule has 2 amide bonds. The van der Waals surface area contributed by atoms with E-state index in [0.717, 1.165) is 5.56 Å². The summed E-state index contributed by atoms with van der Waals surface area (Å²) in [6, 6.07) is 9.20. The minimum atomic E-state index is -0.339. The zero-order valence-corrected chi connectivity index (χ0v) is 13.0. The van der Waals surface area contributed by atoms with Crippen LogP contribution in [0.2, 0.25) is 0 Å². The van der Waals surface area contributed by atoms with Crippen molar-refractivity contribution in [2.45, 2.75) is 6.42 Å². The number of carbonyl (C=O) groups excluding carboxylic acids is 2. The van der Waals surface area contributed by atoms with Gasteiger partial charge in [-0.1, -0.05) is 36.4 Å². The summed E-state index contributed by atoms with van der Waals surface area (Å²) in [5.41, 5.74) is 7.32. The molecule has 0 radical (unpaired) electrons. The quantitative estimate of drug-likeness (QED) is 0.524. The van der Waals surface area contributed by atoms with E-state index < -0.39 is 0 Å². The number of hydrogen-bond acceptors (Lipinski definition) is 4. The predicted molar refractivity (Wildman–Crippen MR) is 91.6 cm³/mol. The van der Waals surface area contributed by atoms with Gasteiger partial charge in [0.15, 0.2) is 0 Å². The molecule has 1 heterocycles. The first kappa shape index (κ1) is 16.4. The highest BCUT2D eigenvalue weighted by Gasteiger charge is 2.25. The van der Waals surface area contributed by atoms with Gasteiger partial charge in [-0.3, -0.25) is 19.5 Å². The van der Waals surface area contributed by atoms with Gasteiger partial charge in [-0.2, -0.15) is 0 Å². The summed E-state index contributed by atoms with van der Waals surface area (Å²) in [5.74, 6) is -0.639. The van der Waals surface area contributed by atoms with Crippen molar-refractivity contribution in [2.75, 3.05) is 13.6 Å². The maximum atomic E-state index is 12.9. The van der Waals surface area contributed by atoms with Gasteiger partial charge in [-0.15, -0.1) is 0 Å². The summed E-state index contributed by atoms with van der Waals surface area (Å²) < 4.78 is 0. The van der Waals surface area contributed by atoms with Gasteiger partial charge in [0.1, 0.15) is 0 Å². The maximum Gasteiger partial charge on any atom is 0.261 e. The van der Waals surface area contributed by atoms with Crippen molar-refractivity contribution in [3.63, 3.8) is 0 Å². The second-order valence-corrected chi connectivity index (χ2v) is 4.96. The smallest absolute Gasteiger partial charge is 0.261 e. The van der Waals surface area contributed by atoms with E-state index in [1.165, 1.54) is 17.2 Å². The molecular weight excluding hydrogens is 290 g/mol. The fourth-order valence-corrected chi connectivity index (χ4v) is 2.27. The summed E-state index contributed by atoms with van der Waals surface area (Å²) in [7, 11) is 1.63. The highest BCUT2D eigenvalue weighted by molar-refractivity contribution is 6.25. The van der Waals surface area contributed by atoms with Crippen LogP contribution in [0.3, 0.4) is 0 Å². The Balaban J connectivity index is 2.45. The summed E-state index contributed by atoms with van der Waals surface area (Å²) in [4.78, 5) is 30.0. The van der Waals surface area contributed by atoms with Crippen molar-refractivity contribution in [3.05, 3.63) is 65.9 Å². The molecule has 1 aromatic carbocycles. The number of allylic oxidation sites excluding steroid dienone is 2. The SMILES string of the molecule is CN=CC(=CN)/C=C(/C(=O)N1CCC=CC1=O)c1ccccc1. The Kier molecular flexibility index (Phi) is 5.63. The zero-order chi connectivity index (χ0) is 16.7. The highest BCUT2D eigenvalue weighted by Crippen LogP contribution is 2.20. The average molecular weight is 309 g/mol. The van der Waals surface area contributed by atoms with Crippen LogP contribution >= 0.6 is 0 Å². The number of amides is 2. The minimum absolute atomic E-state index is 0.300. The molecule has 5 heteroatoms. The number of hydrogen-bond donors (Lipinski definition) is 1. The largest absolute Gasteiger partial charge is 0.404 e. The van der Waals surface area contributed by atoms with Gasteiger partial charge >= 0.3 is 0 Å². The van der Waals surface area contributed by atoms with Gasteiger partial charge in [0.2, 0.25) is 0 Å². The zero-order valence-electron chi connectivity index (χ0n) is 13.0.